The number of carbonyl (C=O) groups is 2. The molecule has 1 aromatic rings. The maximum Gasteiger partial charge on any atom is 0.255 e. The normalized spacial score (nSPS) is 15.0. The highest BCUT2D eigenvalue weighted by molar-refractivity contribution is 6.34. The summed E-state index contributed by atoms with van der Waals surface area (Å²) >= 11 is 6.14. The lowest BCUT2D eigenvalue weighted by Crippen LogP contribution is -2.35. The molecule has 0 atom stereocenters. The first-order chi connectivity index (χ1) is 9.61. The Morgan fingerprint density at radius 1 is 1.25 bits per heavy atom. The molecule has 0 saturated carbocycles. The molecule has 108 valence electrons. The topological polar surface area (TPSA) is 75.4 Å². The maximum atomic E-state index is 12.3. The average molecular weight is 296 g/mol. The lowest BCUT2D eigenvalue weighted by atomic mass is 10.1. The van der Waals surface area contributed by atoms with Gasteiger partial charge in [0.05, 0.1) is 17.1 Å². The largest absolute Gasteiger partial charge is 0.339 e. The number of carbonyl (C=O) groups excluding carboxylic acids is 2. The summed E-state index contributed by atoms with van der Waals surface area (Å²) in [6.07, 6.45) is 3.24. The van der Waals surface area contributed by atoms with E-state index < -0.39 is 0 Å². The lowest BCUT2D eigenvalue weighted by molar-refractivity contribution is -0.114. The number of nitrogens with two attached hydrogens (primary N) is 1. The van der Waals surface area contributed by atoms with Crippen molar-refractivity contribution in [1.82, 2.24) is 4.90 Å². The number of halogens is 1. The van der Waals surface area contributed by atoms with Crippen LogP contribution < -0.4 is 11.1 Å². The predicted molar refractivity (Wildman–Crippen MR) is 78.9 cm³/mol. The minimum absolute atomic E-state index is 0.0496. The Morgan fingerprint density at radius 3 is 2.55 bits per heavy atom. The number of hydrogen-bond acceptors (Lipinski definition) is 3. The first kappa shape index (κ1) is 14.8. The van der Waals surface area contributed by atoms with E-state index in [1.54, 1.807) is 18.2 Å². The minimum atomic E-state index is -0.295. The molecule has 1 aliphatic rings. The Morgan fingerprint density at radius 2 is 1.95 bits per heavy atom. The minimum Gasteiger partial charge on any atom is -0.339 e. The Bertz CT molecular complexity index is 513. The van der Waals surface area contributed by atoms with Gasteiger partial charge in [-0.1, -0.05) is 11.6 Å². The number of piperidine rings is 1. The molecule has 0 unspecified atom stereocenters. The summed E-state index contributed by atoms with van der Waals surface area (Å²) in [5.74, 6) is -0.345. The summed E-state index contributed by atoms with van der Waals surface area (Å²) in [5, 5.41) is 2.95. The van der Waals surface area contributed by atoms with Gasteiger partial charge in [0, 0.05) is 18.8 Å². The molecule has 0 bridgehead atoms. The van der Waals surface area contributed by atoms with E-state index in [1.807, 2.05) is 4.90 Å². The molecule has 3 N–H and O–H groups in total. The van der Waals surface area contributed by atoms with E-state index in [0.29, 0.717) is 16.3 Å². The number of amides is 2. The smallest absolute Gasteiger partial charge is 0.255 e. The highest BCUT2D eigenvalue weighted by Crippen LogP contribution is 2.23. The van der Waals surface area contributed by atoms with Crippen LogP contribution in [0.2, 0.25) is 5.02 Å². The predicted octanol–water partition coefficient (Wildman–Crippen LogP) is 1.86. The molecule has 0 aromatic heterocycles. The standard InChI is InChI=1S/C14H18ClN3O2/c15-12-8-10(17-13(19)9-16)4-5-11(12)14(20)18-6-2-1-3-7-18/h4-5,8H,1-3,6-7,9,16H2,(H,17,19). The number of nitrogens with one attached hydrogen (secondary N) is 1. The van der Waals surface area contributed by atoms with E-state index in [2.05, 4.69) is 5.32 Å². The molecule has 1 saturated heterocycles. The van der Waals surface area contributed by atoms with Crippen LogP contribution in [0.1, 0.15) is 29.6 Å². The van der Waals surface area contributed by atoms with Crippen LogP contribution >= 0.6 is 11.6 Å². The molecule has 1 fully saturated rings. The highest BCUT2D eigenvalue weighted by atomic mass is 35.5. The van der Waals surface area contributed by atoms with Crippen LogP contribution in [0, 0.1) is 0 Å². The zero-order valence-corrected chi connectivity index (χ0v) is 11.9. The molecular weight excluding hydrogens is 278 g/mol. The molecule has 6 heteroatoms. The lowest BCUT2D eigenvalue weighted by Gasteiger charge is -2.27. The third-order valence-electron chi connectivity index (χ3n) is 3.31. The third-order valence-corrected chi connectivity index (χ3v) is 3.62. The van der Waals surface area contributed by atoms with E-state index in [0.717, 1.165) is 25.9 Å². The monoisotopic (exact) mass is 295 g/mol. The zero-order chi connectivity index (χ0) is 14.5. The highest BCUT2D eigenvalue weighted by Gasteiger charge is 2.20. The first-order valence-electron chi connectivity index (χ1n) is 6.70. The van der Waals surface area contributed by atoms with Gasteiger partial charge in [-0.3, -0.25) is 9.59 Å². The summed E-state index contributed by atoms with van der Waals surface area (Å²) < 4.78 is 0. The van der Waals surface area contributed by atoms with Gasteiger partial charge in [-0.15, -0.1) is 0 Å². The van der Waals surface area contributed by atoms with Gasteiger partial charge in [-0.05, 0) is 37.5 Å². The van der Waals surface area contributed by atoms with Crippen molar-refractivity contribution in [2.45, 2.75) is 19.3 Å². The van der Waals surface area contributed by atoms with Crippen LogP contribution in [0.5, 0.6) is 0 Å². The quantitative estimate of drug-likeness (QED) is 0.894. The van der Waals surface area contributed by atoms with Crippen LogP contribution in [0.25, 0.3) is 0 Å². The second-order valence-corrected chi connectivity index (χ2v) is 5.21. The Hall–Kier alpha value is -1.59. The summed E-state index contributed by atoms with van der Waals surface area (Å²) in [6, 6.07) is 4.88. The van der Waals surface area contributed by atoms with Crippen LogP contribution in [-0.4, -0.2) is 36.3 Å². The second kappa shape index (κ2) is 6.72. The number of nitrogens with zero attached hydrogens (tertiary/aromatic N) is 1. The molecule has 2 rings (SSSR count). The molecule has 20 heavy (non-hydrogen) atoms. The second-order valence-electron chi connectivity index (χ2n) is 4.80. The fourth-order valence-electron chi connectivity index (χ4n) is 2.25. The fourth-order valence-corrected chi connectivity index (χ4v) is 2.51. The molecule has 1 heterocycles. The Balaban J connectivity index is 2.12. The average Bonchev–Trinajstić information content (AvgIpc) is 2.47. The summed E-state index contributed by atoms with van der Waals surface area (Å²) in [4.78, 5) is 25.4. The van der Waals surface area contributed by atoms with Gasteiger partial charge in [0.1, 0.15) is 0 Å². The van der Waals surface area contributed by atoms with Gasteiger partial charge in [-0.2, -0.15) is 0 Å². The van der Waals surface area contributed by atoms with Crippen LogP contribution in [-0.2, 0) is 4.79 Å². The van der Waals surface area contributed by atoms with Crippen molar-refractivity contribution in [3.63, 3.8) is 0 Å². The van der Waals surface area contributed by atoms with Crippen molar-refractivity contribution < 1.29 is 9.59 Å². The van der Waals surface area contributed by atoms with Gasteiger partial charge in [0.25, 0.3) is 5.91 Å². The molecule has 1 aromatic carbocycles. The van der Waals surface area contributed by atoms with Gasteiger partial charge < -0.3 is 16.0 Å². The van der Waals surface area contributed by atoms with Crippen LogP contribution in [0.3, 0.4) is 0 Å². The van der Waals surface area contributed by atoms with Gasteiger partial charge in [-0.25, -0.2) is 0 Å². The van der Waals surface area contributed by atoms with Crippen molar-refractivity contribution in [2.24, 2.45) is 5.73 Å². The number of hydrogen-bond donors (Lipinski definition) is 2. The first-order valence-corrected chi connectivity index (χ1v) is 7.08. The van der Waals surface area contributed by atoms with Crippen molar-refractivity contribution in [1.29, 1.82) is 0 Å². The summed E-state index contributed by atoms with van der Waals surface area (Å²) in [6.45, 7) is 1.47. The zero-order valence-electron chi connectivity index (χ0n) is 11.2. The van der Waals surface area contributed by atoms with E-state index in [-0.39, 0.29) is 18.4 Å². The number of likely N-dealkylation sites (tertiary alicyclic amines) is 1. The number of rotatable bonds is 3. The molecule has 2 amide bonds. The Labute approximate surface area is 123 Å². The van der Waals surface area contributed by atoms with E-state index in [1.165, 1.54) is 6.42 Å². The summed E-state index contributed by atoms with van der Waals surface area (Å²) in [7, 11) is 0. The summed E-state index contributed by atoms with van der Waals surface area (Å²) in [5.41, 5.74) is 6.24. The van der Waals surface area contributed by atoms with E-state index in [9.17, 15) is 9.59 Å². The number of benzene rings is 1. The van der Waals surface area contributed by atoms with E-state index in [4.69, 9.17) is 17.3 Å². The molecule has 0 spiro atoms. The van der Waals surface area contributed by atoms with Gasteiger partial charge in [0.15, 0.2) is 0 Å². The maximum absolute atomic E-state index is 12.3. The van der Waals surface area contributed by atoms with Crippen LogP contribution in [0.15, 0.2) is 18.2 Å². The molecule has 0 radical (unpaired) electrons. The van der Waals surface area contributed by atoms with Crippen molar-refractivity contribution in [3.05, 3.63) is 28.8 Å². The van der Waals surface area contributed by atoms with Crippen molar-refractivity contribution in [3.8, 4) is 0 Å². The van der Waals surface area contributed by atoms with Crippen molar-refractivity contribution in [2.75, 3.05) is 25.0 Å². The molecule has 0 aliphatic carbocycles. The number of anilines is 1. The Kier molecular flexibility index (Phi) is 4.98. The molecule has 1 aliphatic heterocycles. The van der Waals surface area contributed by atoms with E-state index >= 15 is 0 Å². The fraction of sp³-hybridized carbons (Fsp3) is 0.429. The van der Waals surface area contributed by atoms with Gasteiger partial charge >= 0.3 is 0 Å². The van der Waals surface area contributed by atoms with Crippen molar-refractivity contribution >= 4 is 29.1 Å². The molecular formula is C14H18ClN3O2. The third kappa shape index (κ3) is 3.49. The molecule has 5 nitrogen and oxygen atoms in total. The van der Waals surface area contributed by atoms with Crippen LogP contribution in [0.4, 0.5) is 5.69 Å². The SMILES string of the molecule is NCC(=O)Nc1ccc(C(=O)N2CCCCC2)c(Cl)c1. The van der Waals surface area contributed by atoms with Gasteiger partial charge in [0.2, 0.25) is 5.91 Å².